The van der Waals surface area contributed by atoms with Crippen LogP contribution in [0.4, 0.5) is 5.69 Å². The lowest BCUT2D eigenvalue weighted by Crippen LogP contribution is -2.17. The zero-order chi connectivity index (χ0) is 17.8. The number of carbonyl (C=O) groups is 1. The van der Waals surface area contributed by atoms with Gasteiger partial charge < -0.3 is 10.1 Å². The van der Waals surface area contributed by atoms with E-state index in [1.165, 1.54) is 0 Å². The van der Waals surface area contributed by atoms with E-state index < -0.39 is 0 Å². The van der Waals surface area contributed by atoms with Gasteiger partial charge in [0.1, 0.15) is 11.6 Å². The van der Waals surface area contributed by atoms with Gasteiger partial charge in [0.15, 0.2) is 5.82 Å². The van der Waals surface area contributed by atoms with E-state index in [0.29, 0.717) is 23.3 Å². The Morgan fingerprint density at radius 3 is 2.60 bits per heavy atom. The summed E-state index contributed by atoms with van der Waals surface area (Å²) in [6, 6.07) is 10.7. The van der Waals surface area contributed by atoms with Gasteiger partial charge in [0.25, 0.3) is 0 Å². The van der Waals surface area contributed by atoms with Crippen LogP contribution in [0.15, 0.2) is 48.8 Å². The Labute approximate surface area is 145 Å². The molecule has 0 radical (unpaired) electrons. The molecule has 0 fully saturated rings. The Morgan fingerprint density at radius 2 is 1.96 bits per heavy atom. The number of hydrogen-bond acceptors (Lipinski definition) is 5. The van der Waals surface area contributed by atoms with Crippen LogP contribution >= 0.6 is 0 Å². The van der Waals surface area contributed by atoms with Gasteiger partial charge >= 0.3 is 0 Å². The first-order valence-electron chi connectivity index (χ1n) is 7.96. The molecule has 128 valence electrons. The molecule has 3 aromatic rings. The van der Waals surface area contributed by atoms with Crippen molar-refractivity contribution in [2.24, 2.45) is 5.92 Å². The lowest BCUT2D eigenvalue weighted by atomic mass is 10.2. The first kappa shape index (κ1) is 16.6. The van der Waals surface area contributed by atoms with Crippen LogP contribution in [-0.2, 0) is 4.79 Å². The number of aromatic nitrogens is 4. The number of benzene rings is 1. The lowest BCUT2D eigenvalue weighted by Gasteiger charge is -2.10. The summed E-state index contributed by atoms with van der Waals surface area (Å²) in [5, 5.41) is 7.00. The van der Waals surface area contributed by atoms with E-state index in [4.69, 9.17) is 4.74 Å². The van der Waals surface area contributed by atoms with E-state index >= 15 is 0 Å². The molecule has 2 aromatic heterocycles. The summed E-state index contributed by atoms with van der Waals surface area (Å²) in [6.07, 6.45) is 3.49. The second kappa shape index (κ2) is 7.12. The van der Waals surface area contributed by atoms with Crippen molar-refractivity contribution in [1.29, 1.82) is 0 Å². The summed E-state index contributed by atoms with van der Waals surface area (Å²) in [5.41, 5.74) is 0.724. The molecule has 7 nitrogen and oxygen atoms in total. The quantitative estimate of drug-likeness (QED) is 0.772. The molecule has 25 heavy (non-hydrogen) atoms. The van der Waals surface area contributed by atoms with E-state index in [1.54, 1.807) is 54.3 Å². The number of rotatable bonds is 5. The maximum absolute atomic E-state index is 11.7. The molecular formula is C18H19N5O2. The second-order valence-corrected chi connectivity index (χ2v) is 5.83. The predicted octanol–water partition coefficient (Wildman–Crippen LogP) is 3.36. The number of ether oxygens (including phenoxy) is 1. The third-order valence-electron chi connectivity index (χ3n) is 3.41. The highest BCUT2D eigenvalue weighted by Gasteiger charge is 2.08. The first-order chi connectivity index (χ1) is 12.0. The summed E-state index contributed by atoms with van der Waals surface area (Å²) in [5.74, 6) is 2.17. The van der Waals surface area contributed by atoms with Crippen molar-refractivity contribution in [1.82, 2.24) is 19.7 Å². The standard InChI is InChI=1S/C18H19N5O2/c1-12(2)18(24)22-14-5-7-15(8-6-14)25-17-11-16(20-13(3)21-17)23-10-4-9-19-23/h4-12H,1-3H3,(H,22,24). The first-order valence-corrected chi connectivity index (χ1v) is 7.96. The van der Waals surface area contributed by atoms with E-state index in [1.807, 2.05) is 19.9 Å². The number of nitrogens with one attached hydrogen (secondary N) is 1. The number of anilines is 1. The number of amides is 1. The fourth-order valence-corrected chi connectivity index (χ4v) is 2.11. The number of aryl methyl sites for hydroxylation is 1. The average Bonchev–Trinajstić information content (AvgIpc) is 3.10. The van der Waals surface area contributed by atoms with Crippen LogP contribution in [0.3, 0.4) is 0 Å². The van der Waals surface area contributed by atoms with E-state index in [-0.39, 0.29) is 11.8 Å². The minimum atomic E-state index is -0.0689. The van der Waals surface area contributed by atoms with Crippen LogP contribution in [-0.4, -0.2) is 25.7 Å². The van der Waals surface area contributed by atoms with Crippen molar-refractivity contribution in [3.63, 3.8) is 0 Å². The fourth-order valence-electron chi connectivity index (χ4n) is 2.11. The molecule has 0 atom stereocenters. The van der Waals surface area contributed by atoms with Crippen molar-refractivity contribution >= 4 is 11.6 Å². The molecule has 0 unspecified atom stereocenters. The highest BCUT2D eigenvalue weighted by Crippen LogP contribution is 2.23. The van der Waals surface area contributed by atoms with Crippen molar-refractivity contribution in [2.45, 2.75) is 20.8 Å². The van der Waals surface area contributed by atoms with Crippen molar-refractivity contribution < 1.29 is 9.53 Å². The van der Waals surface area contributed by atoms with Gasteiger partial charge in [-0.3, -0.25) is 4.79 Å². The van der Waals surface area contributed by atoms with Gasteiger partial charge in [-0.1, -0.05) is 13.8 Å². The van der Waals surface area contributed by atoms with Gasteiger partial charge in [-0.05, 0) is 37.3 Å². The van der Waals surface area contributed by atoms with Gasteiger partial charge in [0, 0.05) is 30.1 Å². The lowest BCUT2D eigenvalue weighted by molar-refractivity contribution is -0.118. The van der Waals surface area contributed by atoms with Crippen LogP contribution in [0.25, 0.3) is 5.82 Å². The molecule has 0 bridgehead atoms. The third-order valence-corrected chi connectivity index (χ3v) is 3.41. The predicted molar refractivity (Wildman–Crippen MR) is 93.9 cm³/mol. The maximum Gasteiger partial charge on any atom is 0.226 e. The zero-order valence-corrected chi connectivity index (χ0v) is 14.3. The molecule has 1 aromatic carbocycles. The summed E-state index contributed by atoms with van der Waals surface area (Å²) < 4.78 is 7.45. The Kier molecular flexibility index (Phi) is 4.74. The number of carbonyl (C=O) groups excluding carboxylic acids is 1. The Morgan fingerprint density at radius 1 is 1.20 bits per heavy atom. The minimum Gasteiger partial charge on any atom is -0.439 e. The molecule has 1 N–H and O–H groups in total. The monoisotopic (exact) mass is 337 g/mol. The Balaban J connectivity index is 1.75. The summed E-state index contributed by atoms with van der Waals surface area (Å²) in [6.45, 7) is 5.49. The van der Waals surface area contributed by atoms with Crippen LogP contribution in [0.2, 0.25) is 0 Å². The van der Waals surface area contributed by atoms with E-state index in [0.717, 1.165) is 5.69 Å². The topological polar surface area (TPSA) is 81.9 Å². The maximum atomic E-state index is 11.7. The van der Waals surface area contributed by atoms with Crippen molar-refractivity contribution in [3.05, 3.63) is 54.6 Å². The molecule has 2 heterocycles. The average molecular weight is 337 g/mol. The molecule has 0 aliphatic carbocycles. The molecular weight excluding hydrogens is 318 g/mol. The minimum absolute atomic E-state index is 0.0241. The molecule has 0 aliphatic heterocycles. The Bertz CT molecular complexity index is 858. The third kappa shape index (κ3) is 4.20. The molecule has 3 rings (SSSR count). The van der Waals surface area contributed by atoms with Crippen LogP contribution in [0.5, 0.6) is 11.6 Å². The molecule has 7 heteroatoms. The molecule has 0 saturated carbocycles. The van der Waals surface area contributed by atoms with E-state index in [9.17, 15) is 4.79 Å². The van der Waals surface area contributed by atoms with Gasteiger partial charge in [-0.15, -0.1) is 0 Å². The fraction of sp³-hybridized carbons (Fsp3) is 0.222. The SMILES string of the molecule is Cc1nc(Oc2ccc(NC(=O)C(C)C)cc2)cc(-n2cccn2)n1. The largest absolute Gasteiger partial charge is 0.439 e. The molecule has 0 saturated heterocycles. The smallest absolute Gasteiger partial charge is 0.226 e. The molecule has 0 aliphatic rings. The van der Waals surface area contributed by atoms with Crippen LogP contribution < -0.4 is 10.1 Å². The number of nitrogens with zero attached hydrogens (tertiary/aromatic N) is 4. The van der Waals surface area contributed by atoms with Crippen LogP contribution in [0.1, 0.15) is 19.7 Å². The zero-order valence-electron chi connectivity index (χ0n) is 14.3. The van der Waals surface area contributed by atoms with Gasteiger partial charge in [-0.2, -0.15) is 10.1 Å². The molecule has 0 spiro atoms. The van der Waals surface area contributed by atoms with Crippen molar-refractivity contribution in [3.8, 4) is 17.4 Å². The van der Waals surface area contributed by atoms with Crippen molar-refractivity contribution in [2.75, 3.05) is 5.32 Å². The number of hydrogen-bond donors (Lipinski definition) is 1. The van der Waals surface area contributed by atoms with Crippen LogP contribution in [0, 0.1) is 12.8 Å². The summed E-state index contributed by atoms with van der Waals surface area (Å²) >= 11 is 0. The van der Waals surface area contributed by atoms with Gasteiger partial charge in [0.05, 0.1) is 0 Å². The van der Waals surface area contributed by atoms with Gasteiger partial charge in [-0.25, -0.2) is 9.67 Å². The van der Waals surface area contributed by atoms with E-state index in [2.05, 4.69) is 20.4 Å². The Hall–Kier alpha value is -3.22. The highest BCUT2D eigenvalue weighted by molar-refractivity contribution is 5.92. The highest BCUT2D eigenvalue weighted by atomic mass is 16.5. The normalized spacial score (nSPS) is 10.7. The summed E-state index contributed by atoms with van der Waals surface area (Å²) in [4.78, 5) is 20.3. The summed E-state index contributed by atoms with van der Waals surface area (Å²) in [7, 11) is 0. The molecule has 1 amide bonds. The second-order valence-electron chi connectivity index (χ2n) is 5.83. The van der Waals surface area contributed by atoms with Gasteiger partial charge in [0.2, 0.25) is 11.8 Å².